The molecule has 69 heavy (non-hydrogen) atoms. The predicted octanol–water partition coefficient (Wildman–Crippen LogP) is 17.4. The van der Waals surface area contributed by atoms with Gasteiger partial charge in [-0.3, -0.25) is 0 Å². The zero-order valence-corrected chi connectivity index (χ0v) is 37.2. The fourth-order valence-electron chi connectivity index (χ4n) is 11.3. The highest BCUT2D eigenvalue weighted by atomic mass is 16.3. The van der Waals surface area contributed by atoms with Gasteiger partial charge in [0.05, 0.1) is 17.1 Å². The van der Waals surface area contributed by atoms with Crippen molar-refractivity contribution in [1.29, 1.82) is 0 Å². The lowest BCUT2D eigenvalue weighted by Gasteiger charge is -2.29. The Hall–Kier alpha value is -9.06. The molecule has 0 spiro atoms. The van der Waals surface area contributed by atoms with Crippen LogP contribution < -0.4 is 4.90 Å². The fourth-order valence-corrected chi connectivity index (χ4v) is 11.3. The minimum Gasteiger partial charge on any atom is -0.456 e. The van der Waals surface area contributed by atoms with E-state index in [9.17, 15) is 0 Å². The van der Waals surface area contributed by atoms with Gasteiger partial charge in [-0.05, 0) is 137 Å². The molecule has 2 unspecified atom stereocenters. The first-order chi connectivity index (χ1) is 34.2. The van der Waals surface area contributed by atoms with Crippen LogP contribution in [0.4, 0.5) is 11.4 Å². The van der Waals surface area contributed by atoms with Crippen molar-refractivity contribution >= 4 is 82.6 Å². The molecule has 5 heteroatoms. The number of anilines is 2. The van der Waals surface area contributed by atoms with E-state index in [0.717, 1.165) is 83.4 Å². The van der Waals surface area contributed by atoms with Crippen LogP contribution >= 0.6 is 0 Å². The van der Waals surface area contributed by atoms with Crippen molar-refractivity contribution in [2.24, 2.45) is 0 Å². The van der Waals surface area contributed by atoms with Crippen LogP contribution in [0.2, 0.25) is 0 Å². The number of fused-ring (bicyclic) bond motifs is 12. The molecule has 5 heterocycles. The van der Waals surface area contributed by atoms with E-state index in [4.69, 9.17) is 13.3 Å². The first kappa shape index (κ1) is 38.1. The standard InChI is InChI=1S/C64H40N2O3/c1-3-11-39(12-4-1)41-19-25-57-49(33-41)47-15-7-9-17-55(47)65(57)45-23-29-63-53(37-45)51-35-43(21-27-61(51)68-63)59-31-32-60(67-59)44-22-28-62-52(36-44)54-38-46(24-30-64(54)69-62)66-56-18-10-8-16-48(56)50-34-42(20-26-58(50)66)40-13-5-2-6-14-40/h1-38,49,57H. The number of aromatic nitrogens is 1. The number of benzene rings is 9. The maximum atomic E-state index is 6.71. The topological polar surface area (TPSA) is 47.6 Å². The van der Waals surface area contributed by atoms with Crippen molar-refractivity contribution in [3.63, 3.8) is 0 Å². The van der Waals surface area contributed by atoms with E-state index in [1.807, 2.05) is 0 Å². The summed E-state index contributed by atoms with van der Waals surface area (Å²) in [6, 6.07) is 75.7. The van der Waals surface area contributed by atoms with Crippen molar-refractivity contribution < 1.29 is 13.3 Å². The monoisotopic (exact) mass is 884 g/mol. The normalized spacial score (nSPS) is 15.5. The molecule has 1 aliphatic heterocycles. The van der Waals surface area contributed by atoms with Crippen molar-refractivity contribution in [2.45, 2.75) is 12.0 Å². The fraction of sp³-hybridized carbons (Fsp3) is 0.0312. The van der Waals surface area contributed by atoms with E-state index in [1.165, 1.54) is 49.8 Å². The number of furan rings is 3. The SMILES string of the molecule is C1=CC2C(C=C1c1ccccc1)c1ccccc1N2c1ccc2oc3ccc(-c4ccc(-c5ccc6oc7ccc(-n8c9ccccc9c9cc(-c%10ccccc%10)ccc98)cc7c6c5)o4)cc3c2c1. The molecule has 0 amide bonds. The van der Waals surface area contributed by atoms with E-state index in [2.05, 4.69) is 240 Å². The van der Waals surface area contributed by atoms with Gasteiger partial charge in [-0.1, -0.05) is 121 Å². The molecule has 0 N–H and O–H groups in total. The zero-order valence-electron chi connectivity index (χ0n) is 37.2. The highest BCUT2D eigenvalue weighted by molar-refractivity contribution is 6.12. The molecule has 4 aromatic heterocycles. The van der Waals surface area contributed by atoms with Gasteiger partial charge in [-0.15, -0.1) is 0 Å². The Kier molecular flexibility index (Phi) is 8.13. The number of allylic oxidation sites excluding steroid dienone is 2. The Morgan fingerprint density at radius 2 is 0.913 bits per heavy atom. The van der Waals surface area contributed by atoms with Crippen LogP contribution in [0.5, 0.6) is 0 Å². The molecule has 1 aliphatic carbocycles. The molecule has 13 aromatic rings. The molecule has 0 bridgehead atoms. The Morgan fingerprint density at radius 3 is 1.64 bits per heavy atom. The first-order valence-corrected chi connectivity index (χ1v) is 23.6. The van der Waals surface area contributed by atoms with Crippen LogP contribution in [-0.2, 0) is 0 Å². The summed E-state index contributed by atoms with van der Waals surface area (Å²) >= 11 is 0. The van der Waals surface area contributed by atoms with Crippen molar-refractivity contribution in [1.82, 2.24) is 4.57 Å². The summed E-state index contributed by atoms with van der Waals surface area (Å²) in [4.78, 5) is 2.49. The molecule has 0 radical (unpaired) electrons. The van der Waals surface area contributed by atoms with Crippen molar-refractivity contribution in [3.05, 3.63) is 242 Å². The molecular weight excluding hydrogens is 845 g/mol. The van der Waals surface area contributed by atoms with E-state index in [0.29, 0.717) is 0 Å². The Labute approximate surface area is 396 Å². The van der Waals surface area contributed by atoms with E-state index in [-0.39, 0.29) is 12.0 Å². The van der Waals surface area contributed by atoms with E-state index >= 15 is 0 Å². The third-order valence-corrected chi connectivity index (χ3v) is 14.6. The highest BCUT2D eigenvalue weighted by Gasteiger charge is 2.38. The Morgan fingerprint density at radius 1 is 0.362 bits per heavy atom. The van der Waals surface area contributed by atoms with Gasteiger partial charge in [0.15, 0.2) is 0 Å². The average molecular weight is 885 g/mol. The lowest BCUT2D eigenvalue weighted by molar-refractivity contribution is 0.597. The van der Waals surface area contributed by atoms with Crippen molar-refractivity contribution in [3.8, 4) is 39.5 Å². The Balaban J connectivity index is 0.771. The maximum Gasteiger partial charge on any atom is 0.135 e. The summed E-state index contributed by atoms with van der Waals surface area (Å²) in [5.41, 5.74) is 17.4. The number of nitrogens with zero attached hydrogens (tertiary/aromatic N) is 2. The van der Waals surface area contributed by atoms with Gasteiger partial charge in [0.2, 0.25) is 0 Å². The molecule has 2 atom stereocenters. The molecular formula is C64H40N2O3. The highest BCUT2D eigenvalue weighted by Crippen LogP contribution is 2.50. The van der Waals surface area contributed by atoms with Gasteiger partial charge in [-0.2, -0.15) is 0 Å². The molecule has 15 rings (SSSR count). The van der Waals surface area contributed by atoms with Crippen LogP contribution in [0.25, 0.3) is 111 Å². The summed E-state index contributed by atoms with van der Waals surface area (Å²) in [5.74, 6) is 1.83. The smallest absolute Gasteiger partial charge is 0.135 e. The zero-order chi connectivity index (χ0) is 45.2. The van der Waals surface area contributed by atoms with Gasteiger partial charge in [-0.25, -0.2) is 0 Å². The third-order valence-electron chi connectivity index (χ3n) is 14.6. The van der Waals surface area contributed by atoms with Gasteiger partial charge in [0, 0.05) is 66.4 Å². The maximum absolute atomic E-state index is 6.71. The second kappa shape index (κ2) is 14.7. The quantitative estimate of drug-likeness (QED) is 0.167. The summed E-state index contributed by atoms with van der Waals surface area (Å²) in [7, 11) is 0. The van der Waals surface area contributed by atoms with Crippen LogP contribution in [0.1, 0.15) is 17.0 Å². The minimum atomic E-state index is 0.165. The van der Waals surface area contributed by atoms with Crippen LogP contribution in [-0.4, -0.2) is 10.6 Å². The van der Waals surface area contributed by atoms with Gasteiger partial charge in [0.1, 0.15) is 33.9 Å². The molecule has 0 fully saturated rings. The predicted molar refractivity (Wildman–Crippen MR) is 283 cm³/mol. The van der Waals surface area contributed by atoms with E-state index < -0.39 is 0 Å². The third kappa shape index (κ3) is 5.90. The largest absolute Gasteiger partial charge is 0.456 e. The average Bonchev–Trinajstić information content (AvgIpc) is 4.25. The molecule has 5 nitrogen and oxygen atoms in total. The number of hydrogen-bond acceptors (Lipinski definition) is 4. The lowest BCUT2D eigenvalue weighted by atomic mass is 9.86. The van der Waals surface area contributed by atoms with Gasteiger partial charge >= 0.3 is 0 Å². The number of rotatable bonds is 6. The van der Waals surface area contributed by atoms with Crippen LogP contribution in [0, 0.1) is 0 Å². The molecule has 9 aromatic carbocycles. The van der Waals surface area contributed by atoms with Gasteiger partial charge in [0.25, 0.3) is 0 Å². The lowest BCUT2D eigenvalue weighted by Crippen LogP contribution is -2.28. The van der Waals surface area contributed by atoms with E-state index in [1.54, 1.807) is 0 Å². The van der Waals surface area contributed by atoms with Crippen LogP contribution in [0.15, 0.2) is 244 Å². The molecule has 2 aliphatic rings. The van der Waals surface area contributed by atoms with Gasteiger partial charge < -0.3 is 22.7 Å². The summed E-state index contributed by atoms with van der Waals surface area (Å²) < 4.78 is 22.0. The summed E-state index contributed by atoms with van der Waals surface area (Å²) in [6.07, 6.45) is 7.09. The molecule has 324 valence electrons. The summed E-state index contributed by atoms with van der Waals surface area (Å²) in [6.45, 7) is 0. The second-order valence-electron chi connectivity index (χ2n) is 18.4. The second-order valence-corrected chi connectivity index (χ2v) is 18.4. The van der Waals surface area contributed by atoms with Crippen LogP contribution in [0.3, 0.4) is 0 Å². The Bertz CT molecular complexity index is 4280. The number of hydrogen-bond donors (Lipinski definition) is 0. The summed E-state index contributed by atoms with van der Waals surface area (Å²) in [5, 5.41) is 6.68. The molecule has 0 saturated carbocycles. The number of para-hydroxylation sites is 2. The first-order valence-electron chi connectivity index (χ1n) is 23.6. The minimum absolute atomic E-state index is 0.165. The molecule has 0 saturated heterocycles. The van der Waals surface area contributed by atoms with Crippen molar-refractivity contribution in [2.75, 3.05) is 4.90 Å².